The van der Waals surface area contributed by atoms with Crippen molar-refractivity contribution in [1.82, 2.24) is 4.90 Å². The number of Topliss-reactive ketones (excluding diaryl/α,β-unsaturated/α-hetero) is 1. The Balaban J connectivity index is 1.76. The van der Waals surface area contributed by atoms with Gasteiger partial charge < -0.3 is 4.90 Å². The Morgan fingerprint density at radius 2 is 1.71 bits per heavy atom. The second-order valence-electron chi connectivity index (χ2n) is 8.46. The highest BCUT2D eigenvalue weighted by Crippen LogP contribution is 2.28. The molecule has 5 heteroatoms. The minimum absolute atomic E-state index is 0.322. The molecule has 1 unspecified atom stereocenters. The van der Waals surface area contributed by atoms with E-state index in [-0.39, 0.29) is 10.9 Å². The summed E-state index contributed by atoms with van der Waals surface area (Å²) in [6.45, 7) is 4.16. The molecule has 1 heterocycles. The van der Waals surface area contributed by atoms with E-state index in [1.165, 1.54) is 10.5 Å². The van der Waals surface area contributed by atoms with Crippen molar-refractivity contribution in [1.29, 1.82) is 0 Å². The van der Waals surface area contributed by atoms with Crippen LogP contribution in [0, 0.1) is 5.41 Å². The van der Waals surface area contributed by atoms with Crippen LogP contribution in [0.3, 0.4) is 0 Å². The molecule has 1 amide bonds. The van der Waals surface area contributed by atoms with Crippen molar-refractivity contribution in [2.24, 2.45) is 5.41 Å². The van der Waals surface area contributed by atoms with Crippen molar-refractivity contribution in [3.63, 3.8) is 0 Å². The summed E-state index contributed by atoms with van der Waals surface area (Å²) in [5, 5.41) is -0.322. The summed E-state index contributed by atoms with van der Waals surface area (Å²) in [6, 6.07) is 9.90. The van der Waals surface area contributed by atoms with Crippen molar-refractivity contribution in [3.05, 3.63) is 35.9 Å². The summed E-state index contributed by atoms with van der Waals surface area (Å²) in [5.41, 5.74) is 0.663. The normalized spacial score (nSPS) is 17.4. The van der Waals surface area contributed by atoms with Crippen LogP contribution in [0.1, 0.15) is 70.8 Å². The first-order chi connectivity index (χ1) is 13.3. The molecular formula is C23H33NO3S. The molecule has 2 rings (SSSR count). The third-order valence-electron chi connectivity index (χ3n) is 5.72. The molecule has 0 N–H and O–H groups in total. The van der Waals surface area contributed by atoms with Gasteiger partial charge in [-0.15, -0.1) is 12.6 Å². The molecule has 1 fully saturated rings. The van der Waals surface area contributed by atoms with Gasteiger partial charge in [-0.1, -0.05) is 63.4 Å². The number of piperidine rings is 1. The van der Waals surface area contributed by atoms with Crippen molar-refractivity contribution in [2.45, 2.75) is 77.7 Å². The number of hydrogen-bond acceptors (Lipinski definition) is 3. The van der Waals surface area contributed by atoms with Gasteiger partial charge in [0.15, 0.2) is 0 Å². The van der Waals surface area contributed by atoms with E-state index in [1.807, 2.05) is 19.9 Å². The maximum atomic E-state index is 12.8. The van der Waals surface area contributed by atoms with Crippen LogP contribution in [0.15, 0.2) is 30.3 Å². The summed E-state index contributed by atoms with van der Waals surface area (Å²) in [7, 11) is 0. The van der Waals surface area contributed by atoms with E-state index in [2.05, 4.69) is 36.9 Å². The number of carbonyl (C=O) groups excluding carboxylic acids is 3. The molecule has 1 saturated heterocycles. The molecular weight excluding hydrogens is 370 g/mol. The van der Waals surface area contributed by atoms with Gasteiger partial charge >= 0.3 is 0 Å². The second-order valence-corrected chi connectivity index (χ2v) is 8.90. The Hall–Kier alpha value is -1.62. The largest absolute Gasteiger partial charge is 0.325 e. The molecule has 28 heavy (non-hydrogen) atoms. The highest BCUT2D eigenvalue weighted by Gasteiger charge is 2.39. The molecule has 4 nitrogen and oxygen atoms in total. The van der Waals surface area contributed by atoms with Crippen molar-refractivity contribution in [2.75, 3.05) is 6.54 Å². The number of aryl methyl sites for hydroxylation is 1. The smallest absolute Gasteiger partial charge is 0.291 e. The summed E-state index contributed by atoms with van der Waals surface area (Å²) in [6.07, 6.45) is 8.33. The van der Waals surface area contributed by atoms with Gasteiger partial charge in [0, 0.05) is 12.0 Å². The molecule has 0 radical (unpaired) electrons. The number of carbonyl (C=O) groups is 3. The quantitative estimate of drug-likeness (QED) is 0.352. The Kier molecular flexibility index (Phi) is 8.74. The van der Waals surface area contributed by atoms with E-state index in [0.29, 0.717) is 19.4 Å². The van der Waals surface area contributed by atoms with Gasteiger partial charge in [0.25, 0.3) is 5.91 Å². The standard InChI is InChI=1S/C23H33NO3S/c1-23(2,16-10-4-3-6-12-18-13-7-5-8-14-18)20(25)21(26)24-17-11-9-15-19(24)22(27)28/h5,7-8,13-14,19H,3-4,6,9-12,15-17H2,1-2H3,(H,27,28). The van der Waals surface area contributed by atoms with Gasteiger partial charge in [0.05, 0.1) is 0 Å². The van der Waals surface area contributed by atoms with Crippen molar-refractivity contribution >= 4 is 29.4 Å². The molecule has 1 aromatic carbocycles. The molecule has 0 aromatic heterocycles. The summed E-state index contributed by atoms with van der Waals surface area (Å²) in [5.74, 6) is -0.889. The first-order valence-electron chi connectivity index (χ1n) is 10.4. The number of unbranched alkanes of at least 4 members (excludes halogenated alkanes) is 3. The third kappa shape index (κ3) is 6.47. The zero-order valence-electron chi connectivity index (χ0n) is 17.2. The fourth-order valence-corrected chi connectivity index (χ4v) is 4.13. The average molecular weight is 404 g/mol. The number of nitrogens with zero attached hydrogens (tertiary/aromatic N) is 1. The maximum absolute atomic E-state index is 12.8. The number of benzene rings is 1. The van der Waals surface area contributed by atoms with Gasteiger partial charge in [0.2, 0.25) is 10.9 Å². The van der Waals surface area contributed by atoms with E-state index in [0.717, 1.165) is 44.9 Å². The van der Waals surface area contributed by atoms with Crippen LogP contribution in [0.25, 0.3) is 0 Å². The number of thiol groups is 1. The molecule has 154 valence electrons. The van der Waals surface area contributed by atoms with Crippen LogP contribution in [-0.4, -0.2) is 34.3 Å². The van der Waals surface area contributed by atoms with Gasteiger partial charge in [-0.2, -0.15) is 0 Å². The Bertz CT molecular complexity index is 672. The van der Waals surface area contributed by atoms with Crippen LogP contribution in [0.5, 0.6) is 0 Å². The van der Waals surface area contributed by atoms with Gasteiger partial charge in [-0.25, -0.2) is 0 Å². The maximum Gasteiger partial charge on any atom is 0.291 e. The predicted molar refractivity (Wildman–Crippen MR) is 115 cm³/mol. The van der Waals surface area contributed by atoms with E-state index in [4.69, 9.17) is 0 Å². The second kappa shape index (κ2) is 10.8. The molecule has 1 aliphatic heterocycles. The highest BCUT2D eigenvalue weighted by atomic mass is 32.1. The summed E-state index contributed by atoms with van der Waals surface area (Å²) >= 11 is 3.91. The molecule has 1 atom stereocenters. The topological polar surface area (TPSA) is 54.5 Å². The lowest BCUT2D eigenvalue weighted by atomic mass is 9.81. The Morgan fingerprint density at radius 3 is 2.39 bits per heavy atom. The first kappa shape index (κ1) is 22.7. The summed E-state index contributed by atoms with van der Waals surface area (Å²) < 4.78 is 0. The third-order valence-corrected chi connectivity index (χ3v) is 6.02. The van der Waals surface area contributed by atoms with Crippen molar-refractivity contribution < 1.29 is 14.4 Å². The minimum atomic E-state index is -0.696. The monoisotopic (exact) mass is 403 g/mol. The van der Waals surface area contributed by atoms with E-state index < -0.39 is 17.4 Å². The average Bonchev–Trinajstić information content (AvgIpc) is 2.70. The number of likely N-dealkylation sites (tertiary alicyclic amines) is 1. The van der Waals surface area contributed by atoms with Crippen LogP contribution < -0.4 is 0 Å². The number of hydrogen-bond donors (Lipinski definition) is 1. The van der Waals surface area contributed by atoms with E-state index in [9.17, 15) is 14.4 Å². The van der Waals surface area contributed by atoms with Crippen molar-refractivity contribution in [3.8, 4) is 0 Å². The predicted octanol–water partition coefficient (Wildman–Crippen LogP) is 4.61. The zero-order chi connectivity index (χ0) is 20.6. The first-order valence-corrected chi connectivity index (χ1v) is 10.9. The molecule has 0 saturated carbocycles. The van der Waals surface area contributed by atoms with Gasteiger partial charge in [-0.3, -0.25) is 14.4 Å². The molecule has 1 aliphatic rings. The van der Waals surface area contributed by atoms with Crippen LogP contribution >= 0.6 is 12.6 Å². The molecule has 0 bridgehead atoms. The summed E-state index contributed by atoms with van der Waals surface area (Å²) in [4.78, 5) is 38.7. The lowest BCUT2D eigenvalue weighted by molar-refractivity contribution is -0.152. The van der Waals surface area contributed by atoms with Gasteiger partial charge in [-0.05, 0) is 44.1 Å². The van der Waals surface area contributed by atoms with Crippen LogP contribution in [-0.2, 0) is 20.8 Å². The Labute approximate surface area is 174 Å². The zero-order valence-corrected chi connectivity index (χ0v) is 18.0. The highest BCUT2D eigenvalue weighted by molar-refractivity contribution is 7.96. The lowest BCUT2D eigenvalue weighted by Crippen LogP contribution is -2.51. The molecule has 1 aromatic rings. The van der Waals surface area contributed by atoms with E-state index >= 15 is 0 Å². The fraction of sp³-hybridized carbons (Fsp3) is 0.609. The minimum Gasteiger partial charge on any atom is -0.325 e. The van der Waals surface area contributed by atoms with E-state index in [1.54, 1.807) is 0 Å². The van der Waals surface area contributed by atoms with Crippen LogP contribution in [0.4, 0.5) is 0 Å². The molecule has 0 aliphatic carbocycles. The number of rotatable bonds is 10. The number of ketones is 1. The SMILES string of the molecule is CC(C)(CCCCCCc1ccccc1)C(=O)C(=O)N1CCCCC1C(=O)S. The lowest BCUT2D eigenvalue weighted by Gasteiger charge is -2.35. The van der Waals surface area contributed by atoms with Gasteiger partial charge in [0.1, 0.15) is 6.04 Å². The molecule has 0 spiro atoms. The fourth-order valence-electron chi connectivity index (χ4n) is 3.86. The number of amides is 1. The van der Waals surface area contributed by atoms with Crippen LogP contribution in [0.2, 0.25) is 0 Å². The Morgan fingerprint density at radius 1 is 1.04 bits per heavy atom.